The molecule has 1 saturated carbocycles. The Kier molecular flexibility index (Phi) is 8.43. The van der Waals surface area contributed by atoms with Crippen molar-refractivity contribution in [2.75, 3.05) is 32.9 Å². The second-order valence-electron chi connectivity index (χ2n) is 10.3. The maximum Gasteiger partial charge on any atom is 0.410 e. The second-order valence-corrected chi connectivity index (χ2v) is 10.3. The van der Waals surface area contributed by atoms with Gasteiger partial charge in [0.2, 0.25) is 5.91 Å². The summed E-state index contributed by atoms with van der Waals surface area (Å²) in [7, 11) is 0. The Balaban J connectivity index is 1.55. The maximum absolute atomic E-state index is 12.8. The van der Waals surface area contributed by atoms with Crippen LogP contribution in [0.5, 0.6) is 0 Å². The van der Waals surface area contributed by atoms with Crippen molar-refractivity contribution in [1.29, 1.82) is 0 Å². The Morgan fingerprint density at radius 1 is 1.22 bits per heavy atom. The predicted octanol–water partition coefficient (Wildman–Crippen LogP) is 2.19. The molecule has 1 unspecified atom stereocenters. The topological polar surface area (TPSA) is 133 Å². The third-order valence-electron chi connectivity index (χ3n) is 6.94. The van der Waals surface area contributed by atoms with Crippen molar-refractivity contribution in [2.24, 2.45) is 11.7 Å². The molecule has 0 bridgehead atoms. The molecule has 3 heterocycles. The summed E-state index contributed by atoms with van der Waals surface area (Å²) in [5, 5.41) is 11.7. The lowest BCUT2D eigenvalue weighted by Gasteiger charge is -2.27. The smallest absolute Gasteiger partial charge is 0.410 e. The number of nitrogens with one attached hydrogen (secondary N) is 1. The van der Waals surface area contributed by atoms with Crippen LogP contribution in [-0.4, -0.2) is 76.1 Å². The number of rotatable bonds is 9. The second kappa shape index (κ2) is 11.5. The Hall–Kier alpha value is -2.76. The van der Waals surface area contributed by atoms with Gasteiger partial charge >= 0.3 is 6.09 Å². The van der Waals surface area contributed by atoms with Crippen LogP contribution in [0.1, 0.15) is 64.0 Å². The van der Waals surface area contributed by atoms with Crippen molar-refractivity contribution in [1.82, 2.24) is 24.8 Å². The lowest BCUT2D eigenvalue weighted by molar-refractivity contribution is -0.126. The monoisotopic (exact) mass is 502 g/mol. The minimum Gasteiger partial charge on any atom is -0.443 e. The zero-order valence-corrected chi connectivity index (χ0v) is 21.4. The van der Waals surface area contributed by atoms with E-state index in [1.54, 1.807) is 18.7 Å². The van der Waals surface area contributed by atoms with E-state index in [1.807, 2.05) is 22.6 Å². The highest BCUT2D eigenvalue weighted by Crippen LogP contribution is 2.29. The molecule has 36 heavy (non-hydrogen) atoms. The number of pyridine rings is 1. The number of hydrogen-bond acceptors (Lipinski definition) is 8. The molecule has 11 nitrogen and oxygen atoms in total. The summed E-state index contributed by atoms with van der Waals surface area (Å²) in [6, 6.07) is 4.91. The fraction of sp³-hybridized carbons (Fsp3) is 0.680. The first kappa shape index (κ1) is 26.3. The molecule has 2 aliphatic rings. The van der Waals surface area contributed by atoms with Gasteiger partial charge in [-0.2, -0.15) is 0 Å². The zero-order valence-electron chi connectivity index (χ0n) is 21.4. The van der Waals surface area contributed by atoms with Crippen molar-refractivity contribution in [2.45, 2.75) is 70.7 Å². The molecule has 2 aromatic rings. The number of nitrogens with two attached hydrogens (primary N) is 1. The molecular weight excluding hydrogens is 464 g/mol. The number of carbonyl (C=O) groups is 2. The molecule has 2 amide bonds. The van der Waals surface area contributed by atoms with Crippen LogP contribution >= 0.6 is 0 Å². The minimum atomic E-state index is -1.08. The number of ether oxygens (including phenoxy) is 3. The highest BCUT2D eigenvalue weighted by atomic mass is 16.6. The van der Waals surface area contributed by atoms with Gasteiger partial charge in [-0.05, 0) is 51.7 Å². The van der Waals surface area contributed by atoms with E-state index in [0.29, 0.717) is 49.4 Å². The third-order valence-corrected chi connectivity index (χ3v) is 6.94. The average molecular weight is 503 g/mol. The SMILES string of the molecule is CC(OC[C@@H](NC(=O)C(C)(C)N)c1nnc2cccc(COC(=O)N3CCOCC3)n12)C1CCCC1. The van der Waals surface area contributed by atoms with Crippen LogP contribution in [0.15, 0.2) is 18.2 Å². The summed E-state index contributed by atoms with van der Waals surface area (Å²) in [6.45, 7) is 7.64. The van der Waals surface area contributed by atoms with E-state index in [4.69, 9.17) is 19.9 Å². The molecular formula is C25H38N6O5. The molecule has 3 N–H and O–H groups in total. The van der Waals surface area contributed by atoms with Crippen LogP contribution in [0.2, 0.25) is 0 Å². The van der Waals surface area contributed by atoms with Crippen molar-refractivity contribution in [3.8, 4) is 0 Å². The molecule has 0 spiro atoms. The van der Waals surface area contributed by atoms with Gasteiger partial charge in [-0.1, -0.05) is 18.9 Å². The summed E-state index contributed by atoms with van der Waals surface area (Å²) >= 11 is 0. The quantitative estimate of drug-likeness (QED) is 0.533. The zero-order chi connectivity index (χ0) is 25.7. The molecule has 198 valence electrons. The number of fused-ring (bicyclic) bond motifs is 1. The van der Waals surface area contributed by atoms with Gasteiger partial charge in [0, 0.05) is 13.1 Å². The predicted molar refractivity (Wildman–Crippen MR) is 132 cm³/mol. The van der Waals surface area contributed by atoms with Crippen molar-refractivity contribution in [3.05, 3.63) is 29.7 Å². The van der Waals surface area contributed by atoms with E-state index < -0.39 is 17.7 Å². The Morgan fingerprint density at radius 2 is 1.94 bits per heavy atom. The third kappa shape index (κ3) is 6.32. The van der Waals surface area contributed by atoms with Crippen LogP contribution in [0, 0.1) is 5.92 Å². The molecule has 0 aromatic carbocycles. The Morgan fingerprint density at radius 3 is 2.64 bits per heavy atom. The first-order valence-corrected chi connectivity index (χ1v) is 12.8. The molecule has 2 fully saturated rings. The van der Waals surface area contributed by atoms with E-state index in [0.717, 1.165) is 12.8 Å². The van der Waals surface area contributed by atoms with Gasteiger partial charge in [0.05, 0.1) is 37.2 Å². The van der Waals surface area contributed by atoms with Gasteiger partial charge in [0.25, 0.3) is 0 Å². The standard InChI is InChI=1S/C25H38N6O5/c1-17(18-7-4-5-8-18)35-16-20(27-23(32)25(2,3)26)22-29-28-21-10-6-9-19(31(21)22)15-36-24(33)30-11-13-34-14-12-30/h6,9-10,17-18,20H,4-5,7-8,11-16,26H2,1-3H3,(H,27,32)/t17?,20-/m1/s1. The molecule has 0 radical (unpaired) electrons. The molecule has 1 aliphatic heterocycles. The molecule has 2 atom stereocenters. The molecule has 1 aliphatic carbocycles. The van der Waals surface area contributed by atoms with Crippen molar-refractivity contribution in [3.63, 3.8) is 0 Å². The summed E-state index contributed by atoms with van der Waals surface area (Å²) in [5.74, 6) is 0.689. The lowest BCUT2D eigenvalue weighted by Crippen LogP contribution is -2.51. The number of amides is 2. The van der Waals surface area contributed by atoms with Crippen molar-refractivity contribution >= 4 is 17.6 Å². The Bertz CT molecular complexity index is 1040. The van der Waals surface area contributed by atoms with Gasteiger partial charge in [-0.15, -0.1) is 10.2 Å². The van der Waals surface area contributed by atoms with E-state index in [9.17, 15) is 9.59 Å². The first-order valence-electron chi connectivity index (χ1n) is 12.8. The highest BCUT2D eigenvalue weighted by molar-refractivity contribution is 5.85. The number of hydrogen-bond donors (Lipinski definition) is 2. The number of nitrogens with zero attached hydrogens (tertiary/aromatic N) is 4. The number of aromatic nitrogens is 3. The fourth-order valence-electron chi connectivity index (χ4n) is 4.68. The van der Waals surface area contributed by atoms with Crippen LogP contribution in [-0.2, 0) is 25.6 Å². The van der Waals surface area contributed by atoms with Crippen LogP contribution in [0.3, 0.4) is 0 Å². The summed E-state index contributed by atoms with van der Waals surface area (Å²) in [6.07, 6.45) is 4.42. The van der Waals surface area contributed by atoms with E-state index in [-0.39, 0.29) is 25.2 Å². The number of morpholine rings is 1. The minimum absolute atomic E-state index is 0.0287. The molecule has 2 aromatic heterocycles. The van der Waals surface area contributed by atoms with E-state index >= 15 is 0 Å². The molecule has 11 heteroatoms. The van der Waals surface area contributed by atoms with Crippen LogP contribution in [0.25, 0.3) is 5.65 Å². The summed E-state index contributed by atoms with van der Waals surface area (Å²) < 4.78 is 19.0. The first-order chi connectivity index (χ1) is 17.2. The average Bonchev–Trinajstić information content (AvgIpc) is 3.55. The van der Waals surface area contributed by atoms with Crippen LogP contribution in [0.4, 0.5) is 4.79 Å². The summed E-state index contributed by atoms with van der Waals surface area (Å²) in [5.41, 5.74) is 6.25. The van der Waals surface area contributed by atoms with E-state index in [1.165, 1.54) is 12.8 Å². The highest BCUT2D eigenvalue weighted by Gasteiger charge is 2.30. The van der Waals surface area contributed by atoms with Gasteiger partial charge < -0.3 is 30.2 Å². The maximum atomic E-state index is 12.8. The normalized spacial score (nSPS) is 18.8. The van der Waals surface area contributed by atoms with Gasteiger partial charge in [0.1, 0.15) is 12.6 Å². The molecule has 1 saturated heterocycles. The van der Waals surface area contributed by atoms with Crippen LogP contribution < -0.4 is 11.1 Å². The fourth-order valence-corrected chi connectivity index (χ4v) is 4.68. The Labute approximate surface area is 211 Å². The summed E-state index contributed by atoms with van der Waals surface area (Å²) in [4.78, 5) is 27.0. The largest absolute Gasteiger partial charge is 0.443 e. The van der Waals surface area contributed by atoms with Crippen molar-refractivity contribution < 1.29 is 23.8 Å². The molecule has 4 rings (SSSR count). The lowest BCUT2D eigenvalue weighted by atomic mass is 10.0. The van der Waals surface area contributed by atoms with Gasteiger partial charge in [-0.25, -0.2) is 4.79 Å². The number of carbonyl (C=O) groups excluding carboxylic acids is 2. The van der Waals surface area contributed by atoms with E-state index in [2.05, 4.69) is 22.4 Å². The van der Waals surface area contributed by atoms with Gasteiger partial charge in [-0.3, -0.25) is 9.20 Å². The van der Waals surface area contributed by atoms with Gasteiger partial charge in [0.15, 0.2) is 11.5 Å².